The third-order valence-electron chi connectivity index (χ3n) is 1.25. The van der Waals surface area contributed by atoms with E-state index in [4.69, 9.17) is 0 Å². The van der Waals surface area contributed by atoms with Crippen molar-refractivity contribution in [3.8, 4) is 0 Å². The Labute approximate surface area is 104 Å². The summed E-state index contributed by atoms with van der Waals surface area (Å²) in [4.78, 5) is 0. The number of hydrogen-bond donors (Lipinski definition) is 0. The van der Waals surface area contributed by atoms with Gasteiger partial charge in [-0.15, -0.1) is 6.07 Å². The molecule has 1 rings (SSSR count). The van der Waals surface area contributed by atoms with E-state index in [2.05, 4.69) is 6.92 Å². The molecule has 0 aliphatic carbocycles. The Balaban J connectivity index is 0. The van der Waals surface area contributed by atoms with Gasteiger partial charge in [-0.25, -0.2) is 0 Å². The van der Waals surface area contributed by atoms with E-state index in [1.165, 1.54) is 12.1 Å². The summed E-state index contributed by atoms with van der Waals surface area (Å²) >= 11 is 0. The summed E-state index contributed by atoms with van der Waals surface area (Å²) in [6.07, 6.45) is -2.26. The summed E-state index contributed by atoms with van der Waals surface area (Å²) < 4.78 is 35.8. The largest absolute Gasteiger partial charge is 2.00 e. The summed E-state index contributed by atoms with van der Waals surface area (Å²) in [6, 6.07) is 4.90. The smallest absolute Gasteiger partial charge is 0.335 e. The summed E-state index contributed by atoms with van der Waals surface area (Å²) in [5.41, 5.74) is -0.273. The predicted molar refractivity (Wildman–Crippen MR) is 51.6 cm³/mol. The summed E-state index contributed by atoms with van der Waals surface area (Å²) in [6.45, 7) is 7.39. The van der Waals surface area contributed by atoms with Crippen molar-refractivity contribution in [3.63, 3.8) is 0 Å². The van der Waals surface area contributed by atoms with Crippen LogP contribution in [0, 0.1) is 13.3 Å². The molecule has 0 unspecified atom stereocenters. The fourth-order valence-electron chi connectivity index (χ4n) is 0.748. The van der Waals surface area contributed by atoms with Crippen LogP contribution in [-0.4, -0.2) is 0 Å². The fourth-order valence-corrected chi connectivity index (χ4v) is 0.748. The van der Waals surface area contributed by atoms with Crippen LogP contribution in [0.25, 0.3) is 0 Å². The van der Waals surface area contributed by atoms with Crippen molar-refractivity contribution in [2.24, 2.45) is 0 Å². The first-order valence-corrected chi connectivity index (χ1v) is 4.15. The third-order valence-corrected chi connectivity index (χ3v) is 1.25. The monoisotopic (exact) mass is 295 g/mol. The van der Waals surface area contributed by atoms with Gasteiger partial charge in [-0.1, -0.05) is 6.07 Å². The molecule has 4 heteroatoms. The van der Waals surface area contributed by atoms with Gasteiger partial charge in [0.05, 0.1) is 0 Å². The van der Waals surface area contributed by atoms with Crippen molar-refractivity contribution < 1.29 is 35.6 Å². The second-order valence-corrected chi connectivity index (χ2v) is 2.78. The van der Waals surface area contributed by atoms with Gasteiger partial charge in [0.1, 0.15) is 0 Å². The first kappa shape index (κ1) is 17.0. The molecule has 0 heterocycles. The van der Waals surface area contributed by atoms with Gasteiger partial charge < -0.3 is 6.42 Å². The molecule has 0 aromatic heterocycles. The van der Waals surface area contributed by atoms with Crippen molar-refractivity contribution in [1.29, 1.82) is 0 Å². The first-order chi connectivity index (χ1) is 6.41. The molecule has 1 radical (unpaired) electrons. The molecule has 0 saturated heterocycles. The normalized spacial score (nSPS) is 9.67. The molecule has 83 valence electrons. The molecular weight excluding hydrogens is 282 g/mol. The Morgan fingerprint density at radius 2 is 1.67 bits per heavy atom. The van der Waals surface area contributed by atoms with Crippen LogP contribution in [0.4, 0.5) is 13.2 Å². The quantitative estimate of drug-likeness (QED) is 0.499. The zero-order chi connectivity index (χ0) is 11.2. The molecule has 0 atom stereocenters. The molecule has 15 heavy (non-hydrogen) atoms. The van der Waals surface area contributed by atoms with E-state index in [0.29, 0.717) is 5.56 Å². The van der Waals surface area contributed by atoms with E-state index in [1.54, 1.807) is 0 Å². The van der Waals surface area contributed by atoms with Gasteiger partial charge in [0.25, 0.3) is 0 Å². The van der Waals surface area contributed by atoms with Crippen LogP contribution < -0.4 is 0 Å². The Kier molecular flexibility index (Phi) is 8.92. The van der Waals surface area contributed by atoms with Crippen LogP contribution in [0.15, 0.2) is 24.3 Å². The Morgan fingerprint density at radius 1 is 1.20 bits per heavy atom. The second-order valence-electron chi connectivity index (χ2n) is 2.78. The first-order valence-electron chi connectivity index (χ1n) is 4.15. The summed E-state index contributed by atoms with van der Waals surface area (Å²) in [5, 5.41) is 0. The maximum Gasteiger partial charge on any atom is 2.00 e. The SMILES string of the molecule is C[CH-]C.[CH2-]c1cccc(C(F)(F)F)c1.[Nb+2]. The van der Waals surface area contributed by atoms with Gasteiger partial charge in [-0.3, -0.25) is 0 Å². The fraction of sp³-hybridized carbons (Fsp3) is 0.273. The van der Waals surface area contributed by atoms with Gasteiger partial charge in [-0.2, -0.15) is 51.6 Å². The number of rotatable bonds is 0. The summed E-state index contributed by atoms with van der Waals surface area (Å²) in [5.74, 6) is 0. The van der Waals surface area contributed by atoms with Gasteiger partial charge in [-0.05, 0) is 5.56 Å². The molecule has 0 aliphatic rings. The van der Waals surface area contributed by atoms with E-state index in [1.807, 2.05) is 20.3 Å². The Hall–Kier alpha value is -0.380. The van der Waals surface area contributed by atoms with E-state index in [-0.39, 0.29) is 22.4 Å². The molecule has 0 aliphatic heterocycles. The standard InChI is InChI=1S/C8H6F3.C3H7.Nb/c1-6-3-2-4-7(5-6)8(9,10)11;1-3-2;/h2-5H,1H2;3H,1-2H3;/q2*-1;+2. The Bertz CT molecular complexity index is 269. The minimum absolute atomic E-state index is 0. The molecule has 0 fully saturated rings. The topological polar surface area (TPSA) is 0 Å². The number of benzene rings is 1. The number of halogens is 3. The second kappa shape index (κ2) is 7.85. The maximum absolute atomic E-state index is 11.9. The van der Waals surface area contributed by atoms with Crippen LogP contribution in [0.3, 0.4) is 0 Å². The number of hydrogen-bond acceptors (Lipinski definition) is 0. The molecule has 0 spiro atoms. The molecule has 0 bridgehead atoms. The van der Waals surface area contributed by atoms with Crippen molar-refractivity contribution in [1.82, 2.24) is 0 Å². The van der Waals surface area contributed by atoms with Crippen molar-refractivity contribution in [2.75, 3.05) is 0 Å². The molecule has 1 aromatic rings. The van der Waals surface area contributed by atoms with Crippen LogP contribution in [0.2, 0.25) is 0 Å². The minimum Gasteiger partial charge on any atom is -0.335 e. The molecule has 0 saturated carbocycles. The third kappa shape index (κ3) is 7.54. The van der Waals surface area contributed by atoms with E-state index < -0.39 is 11.7 Å². The summed E-state index contributed by atoms with van der Waals surface area (Å²) in [7, 11) is 0. The van der Waals surface area contributed by atoms with Crippen LogP contribution in [0.5, 0.6) is 0 Å². The van der Waals surface area contributed by atoms with Crippen molar-refractivity contribution in [3.05, 3.63) is 48.7 Å². The Morgan fingerprint density at radius 3 is 1.93 bits per heavy atom. The van der Waals surface area contributed by atoms with Crippen LogP contribution in [-0.2, 0) is 28.6 Å². The van der Waals surface area contributed by atoms with Gasteiger partial charge in [0.2, 0.25) is 0 Å². The molecular formula is C11H13F3Nb. The van der Waals surface area contributed by atoms with Gasteiger partial charge >= 0.3 is 28.6 Å². The van der Waals surface area contributed by atoms with Gasteiger partial charge in [0, 0.05) is 0 Å². The van der Waals surface area contributed by atoms with E-state index in [9.17, 15) is 13.2 Å². The van der Waals surface area contributed by atoms with E-state index in [0.717, 1.165) is 12.1 Å². The zero-order valence-electron chi connectivity index (χ0n) is 8.67. The van der Waals surface area contributed by atoms with E-state index >= 15 is 0 Å². The average molecular weight is 295 g/mol. The minimum atomic E-state index is -4.26. The molecule has 0 nitrogen and oxygen atoms in total. The molecule has 1 aromatic carbocycles. The van der Waals surface area contributed by atoms with Gasteiger partial charge in [0.15, 0.2) is 0 Å². The number of alkyl halides is 3. The van der Waals surface area contributed by atoms with Crippen molar-refractivity contribution in [2.45, 2.75) is 20.0 Å². The zero-order valence-corrected chi connectivity index (χ0v) is 10.9. The average Bonchev–Trinajstić information content (AvgIpc) is 2.04. The van der Waals surface area contributed by atoms with Crippen LogP contribution in [0.1, 0.15) is 25.0 Å². The van der Waals surface area contributed by atoms with Crippen LogP contribution >= 0.6 is 0 Å². The predicted octanol–water partition coefficient (Wildman–Crippen LogP) is 4.12. The molecule has 0 amide bonds. The maximum atomic E-state index is 11.9. The van der Waals surface area contributed by atoms with Crippen molar-refractivity contribution >= 4 is 0 Å². The molecule has 0 N–H and O–H groups in total.